The molecule has 7 heteroatoms. The van der Waals surface area contributed by atoms with E-state index in [2.05, 4.69) is 5.32 Å². The van der Waals surface area contributed by atoms with E-state index in [-0.39, 0.29) is 22.4 Å². The number of benzene rings is 1. The third-order valence-electron chi connectivity index (χ3n) is 3.07. The maximum atomic E-state index is 13.7. The third kappa shape index (κ3) is 4.01. The maximum absolute atomic E-state index is 13.7. The highest BCUT2D eigenvalue weighted by Crippen LogP contribution is 2.15. The molecule has 0 saturated heterocycles. The number of primary sulfonamides is 1. The highest BCUT2D eigenvalue weighted by Gasteiger charge is 2.20. The number of rotatable bonds is 5. The number of hydrogen-bond donors (Lipinski definition) is 2. The molecule has 0 aliphatic rings. The topological polar surface area (TPSA) is 89.3 Å². The molecule has 1 aromatic rings. The Morgan fingerprint density at radius 2 is 2.00 bits per heavy atom. The molecule has 5 nitrogen and oxygen atoms in total. The lowest BCUT2D eigenvalue weighted by Crippen LogP contribution is -2.38. The molecule has 0 aromatic heterocycles. The van der Waals surface area contributed by atoms with Gasteiger partial charge < -0.3 is 5.32 Å². The van der Waals surface area contributed by atoms with Crippen molar-refractivity contribution in [3.05, 3.63) is 29.6 Å². The van der Waals surface area contributed by atoms with Gasteiger partial charge in [0.15, 0.2) is 0 Å². The fraction of sp³-hybridized carbons (Fsp3) is 0.462. The number of sulfonamides is 1. The first-order chi connectivity index (χ1) is 9.16. The van der Waals surface area contributed by atoms with Crippen LogP contribution in [0, 0.1) is 11.7 Å². The lowest BCUT2D eigenvalue weighted by molar-refractivity contribution is 0.0920. The van der Waals surface area contributed by atoms with Crippen molar-refractivity contribution in [2.45, 2.75) is 38.1 Å². The molecule has 0 aliphatic carbocycles. The third-order valence-corrected chi connectivity index (χ3v) is 3.98. The van der Waals surface area contributed by atoms with E-state index in [1.165, 1.54) is 0 Å². The van der Waals surface area contributed by atoms with Crippen LogP contribution < -0.4 is 10.5 Å². The normalized spacial score (nSPS) is 13.3. The van der Waals surface area contributed by atoms with Crippen LogP contribution in [0.1, 0.15) is 37.6 Å². The van der Waals surface area contributed by atoms with Gasteiger partial charge in [0.25, 0.3) is 5.91 Å². The van der Waals surface area contributed by atoms with E-state index >= 15 is 0 Å². The van der Waals surface area contributed by atoms with Crippen LogP contribution >= 0.6 is 0 Å². The Bertz CT molecular complexity index is 600. The quantitative estimate of drug-likeness (QED) is 0.866. The van der Waals surface area contributed by atoms with Crippen molar-refractivity contribution in [1.82, 2.24) is 5.32 Å². The van der Waals surface area contributed by atoms with Gasteiger partial charge in [0.2, 0.25) is 10.0 Å². The molecule has 1 unspecified atom stereocenters. The lowest BCUT2D eigenvalue weighted by atomic mass is 10.0. The Balaban J connectivity index is 3.10. The fourth-order valence-corrected chi connectivity index (χ4v) is 2.38. The van der Waals surface area contributed by atoms with Gasteiger partial charge in [0, 0.05) is 6.04 Å². The maximum Gasteiger partial charge on any atom is 0.254 e. The van der Waals surface area contributed by atoms with Crippen molar-refractivity contribution in [2.24, 2.45) is 11.1 Å². The first kappa shape index (κ1) is 16.6. The highest BCUT2D eigenvalue weighted by atomic mass is 32.2. The molecule has 20 heavy (non-hydrogen) atoms. The summed E-state index contributed by atoms with van der Waals surface area (Å²) in [6, 6.07) is 2.79. The molecule has 0 aliphatic heterocycles. The molecule has 1 amide bonds. The largest absolute Gasteiger partial charge is 0.349 e. The monoisotopic (exact) mass is 302 g/mol. The number of halogens is 1. The Hall–Kier alpha value is -1.47. The summed E-state index contributed by atoms with van der Waals surface area (Å²) in [7, 11) is -3.97. The molecule has 0 bridgehead atoms. The van der Waals surface area contributed by atoms with Crippen LogP contribution in [0.2, 0.25) is 0 Å². The summed E-state index contributed by atoms with van der Waals surface area (Å²) in [6.07, 6.45) is 0.694. The van der Waals surface area contributed by atoms with Crippen molar-refractivity contribution in [3.8, 4) is 0 Å². The van der Waals surface area contributed by atoms with Crippen LogP contribution in [0.25, 0.3) is 0 Å². The zero-order valence-electron chi connectivity index (χ0n) is 11.7. The fourth-order valence-electron chi connectivity index (χ4n) is 1.84. The van der Waals surface area contributed by atoms with Crippen LogP contribution in [-0.4, -0.2) is 20.4 Å². The number of nitrogens with two attached hydrogens (primary N) is 1. The first-order valence-corrected chi connectivity index (χ1v) is 7.84. The predicted octanol–water partition coefficient (Wildman–Crippen LogP) is 1.64. The Labute approximate surface area is 118 Å². The molecule has 3 N–H and O–H groups in total. The van der Waals surface area contributed by atoms with E-state index in [0.29, 0.717) is 6.42 Å². The molecule has 112 valence electrons. The van der Waals surface area contributed by atoms with Gasteiger partial charge in [-0.2, -0.15) is 0 Å². The van der Waals surface area contributed by atoms with Crippen LogP contribution in [0.3, 0.4) is 0 Å². The Morgan fingerprint density at radius 3 is 2.45 bits per heavy atom. The second-order valence-corrected chi connectivity index (χ2v) is 6.48. The average Bonchev–Trinajstić information content (AvgIpc) is 2.34. The number of carbonyl (C=O) groups is 1. The minimum Gasteiger partial charge on any atom is -0.349 e. The van der Waals surface area contributed by atoms with E-state index in [9.17, 15) is 17.6 Å². The highest BCUT2D eigenvalue weighted by molar-refractivity contribution is 7.89. The van der Waals surface area contributed by atoms with Gasteiger partial charge in [0.1, 0.15) is 5.82 Å². The standard InChI is InChI=1S/C13H19FN2O3S/c1-4-12(8(2)3)16-13(17)10-7-9(20(15,18)19)5-6-11(10)14/h5-8,12H,4H2,1-3H3,(H,16,17)(H2,15,18,19). The van der Waals surface area contributed by atoms with Crippen molar-refractivity contribution in [2.75, 3.05) is 0 Å². The van der Waals surface area contributed by atoms with Gasteiger partial charge >= 0.3 is 0 Å². The van der Waals surface area contributed by atoms with Gasteiger partial charge in [-0.15, -0.1) is 0 Å². The van der Waals surface area contributed by atoms with Gasteiger partial charge in [0.05, 0.1) is 10.5 Å². The van der Waals surface area contributed by atoms with E-state index in [1.54, 1.807) is 0 Å². The summed E-state index contributed by atoms with van der Waals surface area (Å²) < 4.78 is 36.1. The van der Waals surface area contributed by atoms with Crippen LogP contribution in [0.5, 0.6) is 0 Å². The van der Waals surface area contributed by atoms with Gasteiger partial charge in [-0.3, -0.25) is 4.79 Å². The van der Waals surface area contributed by atoms with Gasteiger partial charge in [-0.05, 0) is 30.5 Å². The average molecular weight is 302 g/mol. The van der Waals surface area contributed by atoms with E-state index in [4.69, 9.17) is 5.14 Å². The summed E-state index contributed by atoms with van der Waals surface area (Å²) in [5.41, 5.74) is -0.323. The molecule has 0 radical (unpaired) electrons. The smallest absolute Gasteiger partial charge is 0.254 e. The molecular formula is C13H19FN2O3S. The zero-order valence-corrected chi connectivity index (χ0v) is 12.5. The van der Waals surface area contributed by atoms with Crippen LogP contribution in [0.4, 0.5) is 4.39 Å². The molecule has 0 saturated carbocycles. The summed E-state index contributed by atoms with van der Waals surface area (Å²) >= 11 is 0. The molecule has 1 atom stereocenters. The van der Waals surface area contributed by atoms with Crippen LogP contribution in [-0.2, 0) is 10.0 Å². The summed E-state index contributed by atoms with van der Waals surface area (Å²) in [4.78, 5) is 11.7. The molecule has 0 heterocycles. The molecule has 1 rings (SSSR count). The molecule has 0 spiro atoms. The number of nitrogens with one attached hydrogen (secondary N) is 1. The van der Waals surface area contributed by atoms with Crippen molar-refractivity contribution in [1.29, 1.82) is 0 Å². The number of carbonyl (C=O) groups excluding carboxylic acids is 1. The Morgan fingerprint density at radius 1 is 1.40 bits per heavy atom. The second-order valence-electron chi connectivity index (χ2n) is 4.92. The minimum absolute atomic E-state index is 0.111. The summed E-state index contributed by atoms with van der Waals surface area (Å²) in [5, 5.41) is 7.66. The summed E-state index contributed by atoms with van der Waals surface area (Å²) in [6.45, 7) is 5.78. The SMILES string of the molecule is CCC(NC(=O)c1cc(S(N)(=O)=O)ccc1F)C(C)C. The second kappa shape index (κ2) is 6.32. The number of amides is 1. The van der Waals surface area contributed by atoms with Crippen LogP contribution in [0.15, 0.2) is 23.1 Å². The van der Waals surface area contributed by atoms with E-state index in [0.717, 1.165) is 18.2 Å². The van der Waals surface area contributed by atoms with Gasteiger partial charge in [-0.1, -0.05) is 20.8 Å². The Kier molecular flexibility index (Phi) is 5.24. The molecular weight excluding hydrogens is 283 g/mol. The lowest BCUT2D eigenvalue weighted by Gasteiger charge is -2.20. The van der Waals surface area contributed by atoms with Gasteiger partial charge in [-0.25, -0.2) is 17.9 Å². The zero-order chi connectivity index (χ0) is 15.5. The summed E-state index contributed by atoms with van der Waals surface area (Å²) in [5.74, 6) is -1.24. The van der Waals surface area contributed by atoms with Crippen molar-refractivity contribution >= 4 is 15.9 Å². The van der Waals surface area contributed by atoms with Crippen molar-refractivity contribution in [3.63, 3.8) is 0 Å². The van der Waals surface area contributed by atoms with E-state index < -0.39 is 21.7 Å². The molecule has 0 fully saturated rings. The van der Waals surface area contributed by atoms with Crippen molar-refractivity contribution < 1.29 is 17.6 Å². The molecule has 1 aromatic carbocycles. The predicted molar refractivity (Wildman–Crippen MR) is 74.2 cm³/mol. The first-order valence-electron chi connectivity index (χ1n) is 6.30. The van der Waals surface area contributed by atoms with E-state index in [1.807, 2.05) is 20.8 Å². The minimum atomic E-state index is -3.97. The number of hydrogen-bond acceptors (Lipinski definition) is 3.